The molecule has 0 aromatic heterocycles. The summed E-state index contributed by atoms with van der Waals surface area (Å²) in [5.74, 6) is 0.624. The molecule has 0 bridgehead atoms. The molecule has 21 heavy (non-hydrogen) atoms. The van der Waals surface area contributed by atoms with Crippen LogP contribution in [0, 0.1) is 5.92 Å². The first kappa shape index (κ1) is 16.8. The molecule has 2 rings (SSSR count). The molecule has 5 heteroatoms. The monoisotopic (exact) mass is 329 g/mol. The number of hydrogen-bond donors (Lipinski definition) is 1. The van der Waals surface area contributed by atoms with E-state index < -0.39 is 9.84 Å². The van der Waals surface area contributed by atoms with E-state index in [1.54, 1.807) is 24.3 Å². The highest BCUT2D eigenvalue weighted by molar-refractivity contribution is 7.91. The van der Waals surface area contributed by atoms with Gasteiger partial charge in [0.15, 0.2) is 9.84 Å². The van der Waals surface area contributed by atoms with Gasteiger partial charge in [-0.05, 0) is 43.5 Å². The number of halogens is 1. The second kappa shape index (κ2) is 7.61. The largest absolute Gasteiger partial charge is 0.313 e. The first-order valence-electron chi connectivity index (χ1n) is 7.74. The van der Waals surface area contributed by atoms with Crippen LogP contribution in [0.2, 0.25) is 5.02 Å². The van der Waals surface area contributed by atoms with Crippen LogP contribution in [-0.2, 0) is 9.84 Å². The van der Waals surface area contributed by atoms with Gasteiger partial charge in [-0.15, -0.1) is 0 Å². The van der Waals surface area contributed by atoms with Gasteiger partial charge in [-0.25, -0.2) is 8.42 Å². The van der Waals surface area contributed by atoms with Crippen LogP contribution in [0.25, 0.3) is 0 Å². The number of hydrogen-bond acceptors (Lipinski definition) is 3. The third-order valence-corrected chi connectivity index (χ3v) is 6.24. The average Bonchev–Trinajstić information content (AvgIpc) is 2.47. The molecule has 1 N–H and O–H groups in total. The van der Waals surface area contributed by atoms with Gasteiger partial charge < -0.3 is 5.32 Å². The summed E-state index contributed by atoms with van der Waals surface area (Å²) in [5, 5.41) is 3.85. The first-order valence-corrected chi connectivity index (χ1v) is 9.77. The quantitative estimate of drug-likeness (QED) is 0.866. The third-order valence-electron chi connectivity index (χ3n) is 4.24. The van der Waals surface area contributed by atoms with Crippen LogP contribution in [0.5, 0.6) is 0 Å². The minimum atomic E-state index is -3.30. The van der Waals surface area contributed by atoms with Gasteiger partial charge in [0.25, 0.3) is 0 Å². The van der Waals surface area contributed by atoms with Crippen molar-refractivity contribution in [3.05, 3.63) is 29.3 Å². The van der Waals surface area contributed by atoms with Gasteiger partial charge in [0.1, 0.15) is 0 Å². The summed E-state index contributed by atoms with van der Waals surface area (Å²) in [7, 11) is -3.30. The van der Waals surface area contributed by atoms with E-state index in [9.17, 15) is 8.42 Å². The summed E-state index contributed by atoms with van der Waals surface area (Å²) < 4.78 is 25.2. The molecular weight excluding hydrogens is 306 g/mol. The molecule has 118 valence electrons. The summed E-state index contributed by atoms with van der Waals surface area (Å²) in [4.78, 5) is 0.328. The Morgan fingerprint density at radius 2 is 2.00 bits per heavy atom. The van der Waals surface area contributed by atoms with Crippen LogP contribution in [0.15, 0.2) is 29.2 Å². The van der Waals surface area contributed by atoms with E-state index in [4.69, 9.17) is 11.6 Å². The van der Waals surface area contributed by atoms with Crippen molar-refractivity contribution in [1.29, 1.82) is 0 Å². The molecule has 1 aliphatic carbocycles. The maximum absolute atomic E-state index is 12.6. The van der Waals surface area contributed by atoms with Crippen molar-refractivity contribution >= 4 is 21.4 Å². The van der Waals surface area contributed by atoms with E-state index in [-0.39, 0.29) is 11.8 Å². The van der Waals surface area contributed by atoms with Crippen molar-refractivity contribution in [2.24, 2.45) is 5.92 Å². The molecule has 0 amide bonds. The SMILES string of the molecule is CCNC(CS(=O)(=O)c1cccc(Cl)c1)C1CCCCC1. The molecule has 0 spiro atoms. The summed E-state index contributed by atoms with van der Waals surface area (Å²) in [6.45, 7) is 2.83. The minimum Gasteiger partial charge on any atom is -0.313 e. The number of sulfone groups is 1. The van der Waals surface area contributed by atoms with E-state index in [1.165, 1.54) is 19.3 Å². The van der Waals surface area contributed by atoms with E-state index in [1.807, 2.05) is 6.92 Å². The van der Waals surface area contributed by atoms with Gasteiger partial charge in [0.05, 0.1) is 10.6 Å². The van der Waals surface area contributed by atoms with Crippen molar-refractivity contribution in [2.45, 2.75) is 50.0 Å². The summed E-state index contributed by atoms with van der Waals surface area (Å²) in [5.41, 5.74) is 0. The molecule has 1 saturated carbocycles. The van der Waals surface area contributed by atoms with Gasteiger partial charge in [-0.1, -0.05) is 43.9 Å². The second-order valence-electron chi connectivity index (χ2n) is 5.80. The van der Waals surface area contributed by atoms with Crippen molar-refractivity contribution in [1.82, 2.24) is 5.32 Å². The van der Waals surface area contributed by atoms with Crippen LogP contribution >= 0.6 is 11.6 Å². The molecule has 1 aromatic rings. The highest BCUT2D eigenvalue weighted by atomic mass is 35.5. The van der Waals surface area contributed by atoms with E-state index in [0.717, 1.165) is 19.4 Å². The fraction of sp³-hybridized carbons (Fsp3) is 0.625. The lowest BCUT2D eigenvalue weighted by atomic mass is 9.84. The Morgan fingerprint density at radius 1 is 1.29 bits per heavy atom. The van der Waals surface area contributed by atoms with E-state index in [2.05, 4.69) is 5.32 Å². The van der Waals surface area contributed by atoms with Gasteiger partial charge in [-0.3, -0.25) is 0 Å². The maximum Gasteiger partial charge on any atom is 0.179 e. The standard InChI is InChI=1S/C16H24ClNO2S/c1-2-18-16(13-7-4-3-5-8-13)12-21(19,20)15-10-6-9-14(17)11-15/h6,9-11,13,16,18H,2-5,7-8,12H2,1H3. The summed E-state index contributed by atoms with van der Waals surface area (Å²) in [6.07, 6.45) is 5.95. The molecule has 0 aliphatic heterocycles. The Hall–Kier alpha value is -0.580. The lowest BCUT2D eigenvalue weighted by Gasteiger charge is -2.30. The third kappa shape index (κ3) is 4.70. The number of benzene rings is 1. The first-order chi connectivity index (χ1) is 10.0. The molecule has 3 nitrogen and oxygen atoms in total. The fourth-order valence-corrected chi connectivity index (χ4v) is 5.06. The number of nitrogens with one attached hydrogen (secondary N) is 1. The zero-order chi connectivity index (χ0) is 15.3. The number of rotatable bonds is 6. The molecule has 1 unspecified atom stereocenters. The average molecular weight is 330 g/mol. The highest BCUT2D eigenvalue weighted by Crippen LogP contribution is 2.28. The van der Waals surface area contributed by atoms with Gasteiger partial charge in [0.2, 0.25) is 0 Å². The van der Waals surface area contributed by atoms with Crippen LogP contribution < -0.4 is 5.32 Å². The van der Waals surface area contributed by atoms with E-state index in [0.29, 0.717) is 15.8 Å². The predicted octanol–water partition coefficient (Wildman–Crippen LogP) is 3.67. The molecule has 1 aliphatic rings. The summed E-state index contributed by atoms with van der Waals surface area (Å²) in [6, 6.07) is 6.60. The normalized spacial score (nSPS) is 18.6. The fourth-order valence-electron chi connectivity index (χ4n) is 3.15. The molecule has 0 heterocycles. The van der Waals surface area contributed by atoms with E-state index >= 15 is 0 Å². The highest BCUT2D eigenvalue weighted by Gasteiger charge is 2.28. The Kier molecular flexibility index (Phi) is 6.08. The van der Waals surface area contributed by atoms with Crippen LogP contribution in [0.1, 0.15) is 39.0 Å². The predicted molar refractivity (Wildman–Crippen MR) is 87.5 cm³/mol. The summed E-state index contributed by atoms with van der Waals surface area (Å²) >= 11 is 5.92. The molecule has 0 saturated heterocycles. The van der Waals surface area contributed by atoms with Gasteiger partial charge in [-0.2, -0.15) is 0 Å². The van der Waals surface area contributed by atoms with Crippen LogP contribution in [0.3, 0.4) is 0 Å². The Bertz CT molecular complexity index is 553. The Labute approximate surface area is 133 Å². The van der Waals surface area contributed by atoms with Crippen LogP contribution in [-0.4, -0.2) is 26.8 Å². The van der Waals surface area contributed by atoms with Gasteiger partial charge >= 0.3 is 0 Å². The molecule has 1 atom stereocenters. The minimum absolute atomic E-state index is 0.0410. The zero-order valence-corrected chi connectivity index (χ0v) is 14.1. The zero-order valence-electron chi connectivity index (χ0n) is 12.5. The Morgan fingerprint density at radius 3 is 2.62 bits per heavy atom. The molecule has 1 aromatic carbocycles. The lowest BCUT2D eigenvalue weighted by Crippen LogP contribution is -2.42. The van der Waals surface area contributed by atoms with Crippen molar-refractivity contribution < 1.29 is 8.42 Å². The van der Waals surface area contributed by atoms with Crippen molar-refractivity contribution in [3.63, 3.8) is 0 Å². The van der Waals surface area contributed by atoms with Crippen LogP contribution in [0.4, 0.5) is 0 Å². The molecule has 0 radical (unpaired) electrons. The molecule has 1 fully saturated rings. The van der Waals surface area contributed by atoms with Crippen molar-refractivity contribution in [3.8, 4) is 0 Å². The smallest absolute Gasteiger partial charge is 0.179 e. The second-order valence-corrected chi connectivity index (χ2v) is 8.27. The lowest BCUT2D eigenvalue weighted by molar-refractivity contribution is 0.285. The van der Waals surface area contributed by atoms with Crippen molar-refractivity contribution in [2.75, 3.05) is 12.3 Å². The van der Waals surface area contributed by atoms with Gasteiger partial charge in [0, 0.05) is 11.1 Å². The maximum atomic E-state index is 12.6. The Balaban J connectivity index is 2.14. The topological polar surface area (TPSA) is 46.2 Å². The molecular formula is C16H24ClNO2S.